The molecule has 6 atom stereocenters. The topological polar surface area (TPSA) is 237 Å². The van der Waals surface area contributed by atoms with Gasteiger partial charge in [-0.15, -0.1) is 0 Å². The molecule has 0 saturated carbocycles. The lowest BCUT2D eigenvalue weighted by Gasteiger charge is -2.21. The molecule has 0 bridgehead atoms. The summed E-state index contributed by atoms with van der Waals surface area (Å²) in [5, 5.41) is 10.6. The van der Waals surface area contributed by atoms with Gasteiger partial charge in [0.1, 0.15) is 19.3 Å². The van der Waals surface area contributed by atoms with Crippen LogP contribution in [0.25, 0.3) is 0 Å². The van der Waals surface area contributed by atoms with E-state index in [-0.39, 0.29) is 25.7 Å². The van der Waals surface area contributed by atoms with Crippen LogP contribution in [0.4, 0.5) is 0 Å². The lowest BCUT2D eigenvalue weighted by Crippen LogP contribution is -2.30. The fraction of sp³-hybridized carbons (Fsp3) is 0.951. The highest BCUT2D eigenvalue weighted by molar-refractivity contribution is 7.47. The molecule has 0 aromatic heterocycles. The summed E-state index contributed by atoms with van der Waals surface area (Å²) in [6, 6.07) is 0. The molecule has 0 fully saturated rings. The maximum atomic E-state index is 13.1. The summed E-state index contributed by atoms with van der Waals surface area (Å²) in [6.07, 6.45) is 61.1. The van der Waals surface area contributed by atoms with Crippen molar-refractivity contribution in [2.24, 2.45) is 17.8 Å². The second kappa shape index (κ2) is 72.3. The average Bonchev–Trinajstić information content (AvgIpc) is 1.02. The third-order valence-corrected chi connectivity index (χ3v) is 21.4. The Morgan fingerprint density at radius 2 is 0.505 bits per heavy atom. The van der Waals surface area contributed by atoms with E-state index in [9.17, 15) is 43.2 Å². The molecular formula is C82H160O17P2. The van der Waals surface area contributed by atoms with Crippen molar-refractivity contribution in [3.05, 3.63) is 0 Å². The van der Waals surface area contributed by atoms with Gasteiger partial charge in [0, 0.05) is 25.7 Å². The van der Waals surface area contributed by atoms with E-state index in [0.29, 0.717) is 31.6 Å². The predicted octanol–water partition coefficient (Wildman–Crippen LogP) is 24.5. The number of esters is 4. The number of rotatable bonds is 80. The zero-order chi connectivity index (χ0) is 74.4. The summed E-state index contributed by atoms with van der Waals surface area (Å²) in [6.45, 7) is 12.0. The highest BCUT2D eigenvalue weighted by atomic mass is 31.2. The monoisotopic (exact) mass is 1480 g/mol. The molecule has 0 radical (unpaired) electrons. The van der Waals surface area contributed by atoms with Gasteiger partial charge in [0.05, 0.1) is 26.4 Å². The number of ether oxygens (including phenoxy) is 4. The van der Waals surface area contributed by atoms with Gasteiger partial charge in [0.2, 0.25) is 0 Å². The van der Waals surface area contributed by atoms with E-state index in [0.717, 1.165) is 108 Å². The molecule has 3 N–H and O–H groups in total. The van der Waals surface area contributed by atoms with Gasteiger partial charge in [0.15, 0.2) is 12.2 Å². The fourth-order valence-electron chi connectivity index (χ4n) is 12.6. The molecule has 0 aliphatic heterocycles. The van der Waals surface area contributed by atoms with Gasteiger partial charge < -0.3 is 33.8 Å². The van der Waals surface area contributed by atoms with Gasteiger partial charge in [-0.2, -0.15) is 0 Å². The Bertz CT molecular complexity index is 1960. The van der Waals surface area contributed by atoms with Crippen molar-refractivity contribution in [3.8, 4) is 0 Å². The number of carbonyl (C=O) groups excluding carboxylic acids is 4. The number of carbonyl (C=O) groups is 4. The second-order valence-electron chi connectivity index (χ2n) is 30.7. The van der Waals surface area contributed by atoms with Crippen molar-refractivity contribution in [1.82, 2.24) is 0 Å². The zero-order valence-electron chi connectivity index (χ0n) is 66.4. The molecule has 101 heavy (non-hydrogen) atoms. The number of phosphoric acid groups is 2. The SMILES string of the molecule is CCCCCCCCCCCCCCCCC(=O)O[C@H](COC(=O)CCCCCCCCCC(C)C)COP(=O)(O)OC[C@H](O)COP(=O)(O)OC[C@@H](COC(=O)CCCCCCCCCCCCCCC(C)C)OC(=O)CCCCCCCCCCCCCCCCCCCCC(C)CC. The summed E-state index contributed by atoms with van der Waals surface area (Å²) in [5.41, 5.74) is 0. The van der Waals surface area contributed by atoms with Crippen molar-refractivity contribution >= 4 is 39.5 Å². The maximum Gasteiger partial charge on any atom is 0.472 e. The van der Waals surface area contributed by atoms with Crippen LogP contribution in [0.2, 0.25) is 0 Å². The molecular weight excluding hydrogens is 1320 g/mol. The Hall–Kier alpha value is -1.94. The van der Waals surface area contributed by atoms with E-state index in [1.165, 1.54) is 231 Å². The number of hydrogen-bond donors (Lipinski definition) is 3. The third-order valence-electron chi connectivity index (χ3n) is 19.5. The molecule has 0 heterocycles. The van der Waals surface area contributed by atoms with Gasteiger partial charge in [-0.1, -0.05) is 376 Å². The number of hydrogen-bond acceptors (Lipinski definition) is 15. The van der Waals surface area contributed by atoms with Crippen molar-refractivity contribution < 1.29 is 80.2 Å². The smallest absolute Gasteiger partial charge is 0.462 e. The van der Waals surface area contributed by atoms with Crippen LogP contribution in [0.5, 0.6) is 0 Å². The van der Waals surface area contributed by atoms with Crippen molar-refractivity contribution in [2.45, 2.75) is 446 Å². The van der Waals surface area contributed by atoms with Crippen LogP contribution in [0.3, 0.4) is 0 Å². The molecule has 0 aromatic rings. The quantitative estimate of drug-likeness (QED) is 0.0222. The van der Waals surface area contributed by atoms with E-state index in [1.807, 2.05) is 0 Å². The van der Waals surface area contributed by atoms with Crippen LogP contribution in [-0.4, -0.2) is 96.7 Å². The van der Waals surface area contributed by atoms with Gasteiger partial charge in [0.25, 0.3) is 0 Å². The second-order valence-corrected chi connectivity index (χ2v) is 33.6. The number of unbranched alkanes of at least 4 members (excludes halogenated alkanes) is 47. The van der Waals surface area contributed by atoms with Crippen molar-refractivity contribution in [3.63, 3.8) is 0 Å². The standard InChI is InChI=1S/C82H160O17P2/c1-8-10-11-12-13-14-15-16-24-31-36-43-51-58-65-82(87)99-78(70-93-80(85)64-57-50-45-38-40-47-54-61-74(5)6)72-97-101(90,91)95-68-76(83)67-94-100(88,89)96-71-77(69-92-79(84)63-56-49-42-35-30-27-26-28-33-39-46-53-60-73(3)4)98-81(86)66-59-52-44-37-32-25-22-20-18-17-19-21-23-29-34-41-48-55-62-75(7)9-2/h73-78,83H,8-72H2,1-7H3,(H,88,89)(H,90,91)/t75?,76-,77-,78-/m1/s1. The lowest BCUT2D eigenvalue weighted by atomic mass is 9.99. The highest BCUT2D eigenvalue weighted by Crippen LogP contribution is 2.45. The molecule has 0 rings (SSSR count). The van der Waals surface area contributed by atoms with E-state index in [1.54, 1.807) is 0 Å². The Labute approximate surface area is 619 Å². The molecule has 0 aromatic carbocycles. The first-order valence-corrected chi connectivity index (χ1v) is 45.4. The molecule has 3 unspecified atom stereocenters. The molecule has 0 amide bonds. The minimum absolute atomic E-state index is 0.107. The molecule has 0 aliphatic carbocycles. The minimum atomic E-state index is -4.96. The van der Waals surface area contributed by atoms with E-state index in [4.69, 9.17) is 37.0 Å². The first-order chi connectivity index (χ1) is 48.8. The summed E-state index contributed by atoms with van der Waals surface area (Å²) >= 11 is 0. The fourth-order valence-corrected chi connectivity index (χ4v) is 14.2. The summed E-state index contributed by atoms with van der Waals surface area (Å²) < 4.78 is 68.7. The van der Waals surface area contributed by atoms with Gasteiger partial charge in [-0.25, -0.2) is 9.13 Å². The van der Waals surface area contributed by atoms with Gasteiger partial charge in [-0.3, -0.25) is 37.3 Å². The van der Waals surface area contributed by atoms with Crippen molar-refractivity contribution in [2.75, 3.05) is 39.6 Å². The normalized spacial score (nSPS) is 14.2. The molecule has 17 nitrogen and oxygen atoms in total. The lowest BCUT2D eigenvalue weighted by molar-refractivity contribution is -0.161. The minimum Gasteiger partial charge on any atom is -0.462 e. The number of aliphatic hydroxyl groups excluding tert-OH is 1. The molecule has 600 valence electrons. The maximum absolute atomic E-state index is 13.1. The first kappa shape index (κ1) is 99.1. The predicted molar refractivity (Wildman–Crippen MR) is 414 cm³/mol. The number of phosphoric ester groups is 2. The largest absolute Gasteiger partial charge is 0.472 e. The van der Waals surface area contributed by atoms with Crippen LogP contribution < -0.4 is 0 Å². The van der Waals surface area contributed by atoms with Crippen molar-refractivity contribution in [1.29, 1.82) is 0 Å². The average molecular weight is 1480 g/mol. The van der Waals surface area contributed by atoms with Crippen LogP contribution >= 0.6 is 15.6 Å². The Morgan fingerprint density at radius 1 is 0.287 bits per heavy atom. The van der Waals surface area contributed by atoms with Crippen LogP contribution in [0.15, 0.2) is 0 Å². The zero-order valence-corrected chi connectivity index (χ0v) is 68.2. The third kappa shape index (κ3) is 74.7. The molecule has 0 aliphatic rings. The molecule has 19 heteroatoms. The number of aliphatic hydroxyl groups is 1. The highest BCUT2D eigenvalue weighted by Gasteiger charge is 2.30. The van der Waals surface area contributed by atoms with Crippen LogP contribution in [0, 0.1) is 17.8 Å². The molecule has 0 saturated heterocycles. The van der Waals surface area contributed by atoms with Crippen LogP contribution in [0.1, 0.15) is 427 Å². The summed E-state index contributed by atoms with van der Waals surface area (Å²) in [7, 11) is -9.92. The van der Waals surface area contributed by atoms with E-state index < -0.39 is 97.5 Å². The first-order valence-electron chi connectivity index (χ1n) is 42.4. The van der Waals surface area contributed by atoms with E-state index in [2.05, 4.69) is 48.5 Å². The summed E-state index contributed by atoms with van der Waals surface area (Å²) in [4.78, 5) is 73.0. The Morgan fingerprint density at radius 3 is 0.752 bits per heavy atom. The van der Waals surface area contributed by atoms with E-state index >= 15 is 0 Å². The van der Waals surface area contributed by atoms with Gasteiger partial charge in [-0.05, 0) is 43.4 Å². The van der Waals surface area contributed by atoms with Crippen LogP contribution in [-0.2, 0) is 65.4 Å². The molecule has 0 spiro atoms. The summed E-state index contributed by atoms with van der Waals surface area (Å²) in [5.74, 6) is 0.248. The van der Waals surface area contributed by atoms with Gasteiger partial charge >= 0.3 is 39.5 Å². The Kier molecular flexibility index (Phi) is 70.9. The Balaban J connectivity index is 5.22.